The fourth-order valence-corrected chi connectivity index (χ4v) is 0.459. The molecule has 0 aliphatic carbocycles. The van der Waals surface area contributed by atoms with E-state index in [1.54, 1.807) is 6.92 Å². The second kappa shape index (κ2) is 8.57. The number of esters is 1. The van der Waals surface area contributed by atoms with Crippen LogP contribution >= 0.6 is 0 Å². The minimum absolute atomic E-state index is 0.208. The van der Waals surface area contributed by atoms with E-state index in [2.05, 4.69) is 4.74 Å². The molecule has 0 saturated carbocycles. The van der Waals surface area contributed by atoms with Crippen LogP contribution in [0.5, 0.6) is 0 Å². The SMILES string of the molecule is [2H]C([2H])([2H])C([2H])([2H])C([2H])([2H])C([2H])([2H])C([2H])([2H])C(=O)OCCCC. The van der Waals surface area contributed by atoms with Crippen molar-refractivity contribution in [2.75, 3.05) is 6.61 Å². The van der Waals surface area contributed by atoms with Crippen LogP contribution in [0.15, 0.2) is 0 Å². The number of hydrogen-bond donors (Lipinski definition) is 0. The summed E-state index contributed by atoms with van der Waals surface area (Å²) < 4.78 is 85.8. The predicted octanol–water partition coefficient (Wildman–Crippen LogP) is 2.91. The van der Waals surface area contributed by atoms with Gasteiger partial charge in [-0.1, -0.05) is 32.9 Å². The molecule has 0 bridgehead atoms. The maximum absolute atomic E-state index is 11.7. The molecule has 0 aliphatic rings. The zero-order valence-electron chi connectivity index (χ0n) is 17.9. The van der Waals surface area contributed by atoms with Gasteiger partial charge in [0.25, 0.3) is 0 Å². The Balaban J connectivity index is 5.71. The van der Waals surface area contributed by atoms with Crippen molar-refractivity contribution in [2.24, 2.45) is 0 Å². The molecule has 0 amide bonds. The molecule has 0 saturated heterocycles. The summed E-state index contributed by atoms with van der Waals surface area (Å²) >= 11 is 0. The van der Waals surface area contributed by atoms with E-state index < -0.39 is 38.3 Å². The van der Waals surface area contributed by atoms with Crippen LogP contribution in [0, 0.1) is 0 Å². The summed E-state index contributed by atoms with van der Waals surface area (Å²) in [4.78, 5) is 11.7. The second-order valence-electron chi connectivity index (χ2n) is 1.99. The van der Waals surface area contributed by atoms with Gasteiger partial charge in [0.1, 0.15) is 0 Å². The quantitative estimate of drug-likeness (QED) is 0.448. The van der Waals surface area contributed by atoms with E-state index in [1.807, 2.05) is 0 Å². The maximum atomic E-state index is 11.7. The average molecular weight is 183 g/mol. The van der Waals surface area contributed by atoms with Gasteiger partial charge in [-0.15, -0.1) is 0 Å². The smallest absolute Gasteiger partial charge is 0.305 e. The highest BCUT2D eigenvalue weighted by atomic mass is 16.5. The molecule has 0 N–H and O–H groups in total. The number of carbonyl (C=O) groups is 1. The molecular weight excluding hydrogens is 152 g/mol. The van der Waals surface area contributed by atoms with Crippen molar-refractivity contribution in [3.8, 4) is 0 Å². The average Bonchev–Trinajstić information content (AvgIpc) is 2.36. The monoisotopic (exact) mass is 183 g/mol. The Morgan fingerprint density at radius 2 is 2.42 bits per heavy atom. The molecule has 0 radical (unpaired) electrons. The van der Waals surface area contributed by atoms with Crippen LogP contribution in [0.4, 0.5) is 0 Å². The van der Waals surface area contributed by atoms with E-state index >= 15 is 0 Å². The zero-order chi connectivity index (χ0) is 18.9. The molecule has 0 rings (SSSR count). The highest BCUT2D eigenvalue weighted by Crippen LogP contribution is 2.00. The standard InChI is InChI=1S/C10H20O2/c1-3-5-7-8-10(11)12-9-6-4-2/h3-9H2,1-2H3/i1D3,3D2,5D2,7D2,8D2. The Hall–Kier alpha value is -0.530. The molecule has 0 aromatic rings. The molecule has 0 spiro atoms. The van der Waals surface area contributed by atoms with E-state index in [9.17, 15) is 4.79 Å². The molecule has 0 atom stereocenters. The van der Waals surface area contributed by atoms with Gasteiger partial charge in [0.15, 0.2) is 0 Å². The Bertz CT molecular complexity index is 427. The molecule has 12 heavy (non-hydrogen) atoms. The van der Waals surface area contributed by atoms with E-state index in [-0.39, 0.29) is 6.61 Å². The molecule has 2 nitrogen and oxygen atoms in total. The lowest BCUT2D eigenvalue weighted by atomic mass is 10.2. The van der Waals surface area contributed by atoms with Crippen LogP contribution in [0.1, 0.15) is 67.2 Å². The van der Waals surface area contributed by atoms with Gasteiger partial charge in [-0.25, -0.2) is 0 Å². The molecule has 0 aromatic heterocycles. The first-order valence-electron chi connectivity index (χ1n) is 9.15. The van der Waals surface area contributed by atoms with E-state index in [1.165, 1.54) is 0 Å². The largest absolute Gasteiger partial charge is 0.466 e. The first-order chi connectivity index (χ1) is 9.98. The first-order valence-corrected chi connectivity index (χ1v) is 3.65. The number of ether oxygens (including phenoxy) is 1. The normalized spacial score (nSPS) is 29.2. The zero-order valence-corrected chi connectivity index (χ0v) is 6.94. The summed E-state index contributed by atoms with van der Waals surface area (Å²) in [5, 5.41) is 0. The molecule has 72 valence electrons. The number of rotatable bonds is 7. The van der Waals surface area contributed by atoms with Crippen molar-refractivity contribution in [2.45, 2.75) is 52.1 Å². The number of carbonyl (C=O) groups excluding carboxylic acids is 1. The third kappa shape index (κ3) is 7.58. The van der Waals surface area contributed by atoms with Crippen LogP contribution < -0.4 is 0 Å². The topological polar surface area (TPSA) is 26.3 Å². The van der Waals surface area contributed by atoms with Crippen LogP contribution in [-0.2, 0) is 9.53 Å². The van der Waals surface area contributed by atoms with E-state index in [0.29, 0.717) is 12.8 Å². The fourth-order valence-electron chi connectivity index (χ4n) is 0.459. The van der Waals surface area contributed by atoms with Gasteiger partial charge in [0, 0.05) is 21.5 Å². The molecule has 0 aliphatic heterocycles. The predicted molar refractivity (Wildman–Crippen MR) is 50.0 cm³/mol. The molecule has 0 heterocycles. The van der Waals surface area contributed by atoms with Crippen molar-refractivity contribution in [3.63, 3.8) is 0 Å². The van der Waals surface area contributed by atoms with Crippen molar-refractivity contribution >= 4 is 5.97 Å². The second-order valence-corrected chi connectivity index (χ2v) is 1.99. The summed E-state index contributed by atoms with van der Waals surface area (Å²) in [5.41, 5.74) is 0. The van der Waals surface area contributed by atoms with Crippen LogP contribution in [0.2, 0.25) is 0 Å². The Morgan fingerprint density at radius 1 is 1.58 bits per heavy atom. The van der Waals surface area contributed by atoms with Crippen molar-refractivity contribution < 1.29 is 24.6 Å². The fraction of sp³-hybridized carbons (Fsp3) is 0.900. The number of unbranched alkanes of at least 4 members (excludes halogenated alkanes) is 1. The van der Waals surface area contributed by atoms with E-state index in [4.69, 9.17) is 15.1 Å². The summed E-state index contributed by atoms with van der Waals surface area (Å²) in [5.74, 6) is -1.71. The summed E-state index contributed by atoms with van der Waals surface area (Å²) in [6, 6.07) is 0. The lowest BCUT2D eigenvalue weighted by Crippen LogP contribution is -2.05. The molecule has 0 aromatic carbocycles. The van der Waals surface area contributed by atoms with Gasteiger partial charge in [0.2, 0.25) is 0 Å². The van der Waals surface area contributed by atoms with Gasteiger partial charge in [-0.05, 0) is 12.8 Å². The van der Waals surface area contributed by atoms with Crippen LogP contribution in [0.25, 0.3) is 0 Å². The number of hydrogen-bond acceptors (Lipinski definition) is 2. The van der Waals surface area contributed by atoms with Crippen LogP contribution in [-0.4, -0.2) is 12.6 Å². The minimum atomic E-state index is -3.83. The summed E-state index contributed by atoms with van der Waals surface area (Å²) in [6.45, 7) is -2.00. The van der Waals surface area contributed by atoms with E-state index in [0.717, 1.165) is 0 Å². The molecule has 0 fully saturated rings. The highest BCUT2D eigenvalue weighted by Gasteiger charge is 2.00. The maximum Gasteiger partial charge on any atom is 0.305 e. The molecule has 2 heteroatoms. The van der Waals surface area contributed by atoms with Crippen molar-refractivity contribution in [1.29, 1.82) is 0 Å². The summed E-state index contributed by atoms with van der Waals surface area (Å²) in [7, 11) is 0. The van der Waals surface area contributed by atoms with Gasteiger partial charge in [0.05, 0.1) is 6.61 Å². The van der Waals surface area contributed by atoms with Gasteiger partial charge < -0.3 is 4.74 Å². The Kier molecular flexibility index (Phi) is 1.95. The van der Waals surface area contributed by atoms with Gasteiger partial charge in [-0.3, -0.25) is 4.79 Å². The Labute approximate surface area is 90.8 Å². The lowest BCUT2D eigenvalue weighted by Gasteiger charge is -2.02. The van der Waals surface area contributed by atoms with Crippen molar-refractivity contribution in [3.05, 3.63) is 0 Å². The van der Waals surface area contributed by atoms with Crippen molar-refractivity contribution in [1.82, 2.24) is 0 Å². The van der Waals surface area contributed by atoms with Crippen LogP contribution in [0.3, 0.4) is 0 Å². The highest BCUT2D eigenvalue weighted by molar-refractivity contribution is 5.69. The molecule has 0 unspecified atom stereocenters. The lowest BCUT2D eigenvalue weighted by molar-refractivity contribution is -0.143. The third-order valence-corrected chi connectivity index (χ3v) is 1.02. The third-order valence-electron chi connectivity index (χ3n) is 1.02. The first kappa shape index (κ1) is 2.73. The Morgan fingerprint density at radius 3 is 3.08 bits per heavy atom. The minimum Gasteiger partial charge on any atom is -0.466 e. The molecular formula is C10H20O2. The summed E-state index contributed by atoms with van der Waals surface area (Å²) in [6.07, 6.45) is -13.9. The van der Waals surface area contributed by atoms with Gasteiger partial charge >= 0.3 is 5.97 Å². The van der Waals surface area contributed by atoms with Gasteiger partial charge in [-0.2, -0.15) is 0 Å².